The third-order valence-corrected chi connectivity index (χ3v) is 7.57. The number of nitrogens with zero attached hydrogens (tertiary/aromatic N) is 1. The fourth-order valence-corrected chi connectivity index (χ4v) is 5.48. The second kappa shape index (κ2) is 11.1. The van der Waals surface area contributed by atoms with Crippen LogP contribution in [0.15, 0.2) is 107 Å². The number of fused-ring (bicyclic) bond motifs is 1. The summed E-state index contributed by atoms with van der Waals surface area (Å²) in [5, 5.41) is 3.53. The van der Waals surface area contributed by atoms with Gasteiger partial charge in [0.1, 0.15) is 0 Å². The maximum Gasteiger partial charge on any atom is 0.265 e. The normalized spacial score (nSPS) is 13.9. The number of halogens is 1. The van der Waals surface area contributed by atoms with Crippen molar-refractivity contribution < 1.29 is 9.59 Å². The second-order valence-electron chi connectivity index (χ2n) is 8.85. The fourth-order valence-electron chi connectivity index (χ4n) is 4.21. The number of anilines is 1. The number of hydrogen-bond donors (Lipinski definition) is 1. The number of amides is 2. The van der Waals surface area contributed by atoms with Crippen molar-refractivity contribution in [3.8, 4) is 0 Å². The minimum Gasteiger partial charge on any atom is -0.348 e. The summed E-state index contributed by atoms with van der Waals surface area (Å²) in [7, 11) is 0. The molecule has 5 rings (SSSR count). The molecule has 0 aliphatic carbocycles. The first-order valence-corrected chi connectivity index (χ1v) is 13.1. The van der Waals surface area contributed by atoms with E-state index in [0.717, 1.165) is 32.8 Å². The molecule has 1 heterocycles. The summed E-state index contributed by atoms with van der Waals surface area (Å²) in [5.41, 5.74) is 5.43. The molecule has 0 atom stereocenters. The van der Waals surface area contributed by atoms with Gasteiger partial charge in [-0.2, -0.15) is 0 Å². The summed E-state index contributed by atoms with van der Waals surface area (Å²) >= 11 is 7.66. The Morgan fingerprint density at radius 1 is 0.946 bits per heavy atom. The predicted molar refractivity (Wildman–Crippen MR) is 152 cm³/mol. The number of carbonyl (C=O) groups is 2. The lowest BCUT2D eigenvalue weighted by atomic mass is 10.1. The summed E-state index contributed by atoms with van der Waals surface area (Å²) in [6.45, 7) is 2.91. The van der Waals surface area contributed by atoms with Crippen molar-refractivity contribution in [2.75, 3.05) is 4.90 Å². The molecule has 184 valence electrons. The Bertz CT molecular complexity index is 1500. The molecule has 1 aliphatic heterocycles. The summed E-state index contributed by atoms with van der Waals surface area (Å²) in [4.78, 5) is 29.7. The van der Waals surface area contributed by atoms with Crippen molar-refractivity contribution in [2.45, 2.75) is 24.9 Å². The number of aryl methyl sites for hydroxylation is 1. The van der Waals surface area contributed by atoms with E-state index >= 15 is 0 Å². The number of nitrogens with one attached hydrogen (secondary N) is 1. The molecular formula is C31H25ClN2O2S. The minimum atomic E-state index is -0.180. The predicted octanol–water partition coefficient (Wildman–Crippen LogP) is 7.26. The molecule has 6 heteroatoms. The fraction of sp³-hybridized carbons (Fsp3) is 0.0968. The first kappa shape index (κ1) is 24.9. The number of para-hydroxylation sites is 1. The van der Waals surface area contributed by atoms with E-state index in [4.69, 9.17) is 11.6 Å². The van der Waals surface area contributed by atoms with E-state index in [0.29, 0.717) is 28.6 Å². The van der Waals surface area contributed by atoms with Gasteiger partial charge in [-0.25, -0.2) is 0 Å². The van der Waals surface area contributed by atoms with Crippen LogP contribution in [0.1, 0.15) is 32.6 Å². The molecule has 0 aromatic heterocycles. The van der Waals surface area contributed by atoms with Crippen LogP contribution in [-0.4, -0.2) is 11.8 Å². The number of carbonyl (C=O) groups excluding carboxylic acids is 2. The molecule has 0 bridgehead atoms. The lowest BCUT2D eigenvalue weighted by Gasteiger charge is -2.30. The van der Waals surface area contributed by atoms with E-state index in [2.05, 4.69) is 24.4 Å². The lowest BCUT2D eigenvalue weighted by Crippen LogP contribution is -2.33. The average Bonchev–Trinajstić information content (AvgIpc) is 2.91. The van der Waals surface area contributed by atoms with Crippen molar-refractivity contribution >= 4 is 46.9 Å². The van der Waals surface area contributed by atoms with E-state index in [-0.39, 0.29) is 11.8 Å². The zero-order valence-electron chi connectivity index (χ0n) is 20.3. The number of benzene rings is 4. The van der Waals surface area contributed by atoms with Crippen LogP contribution in [0.25, 0.3) is 6.08 Å². The molecule has 0 spiro atoms. The zero-order chi connectivity index (χ0) is 25.8. The first-order chi connectivity index (χ1) is 18.0. The molecule has 37 heavy (non-hydrogen) atoms. The van der Waals surface area contributed by atoms with Gasteiger partial charge >= 0.3 is 0 Å². The van der Waals surface area contributed by atoms with Crippen molar-refractivity contribution in [1.29, 1.82) is 0 Å². The van der Waals surface area contributed by atoms with Crippen LogP contribution >= 0.6 is 23.4 Å². The van der Waals surface area contributed by atoms with E-state index in [1.165, 1.54) is 11.8 Å². The van der Waals surface area contributed by atoms with Gasteiger partial charge in [-0.1, -0.05) is 95.7 Å². The van der Waals surface area contributed by atoms with Crippen LogP contribution in [-0.2, 0) is 17.9 Å². The number of thioether (sulfide) groups is 1. The van der Waals surface area contributed by atoms with Crippen LogP contribution in [0, 0.1) is 6.92 Å². The molecule has 0 saturated heterocycles. The molecule has 4 aromatic rings. The van der Waals surface area contributed by atoms with Crippen molar-refractivity contribution in [3.63, 3.8) is 0 Å². The highest BCUT2D eigenvalue weighted by molar-refractivity contribution is 8.04. The third-order valence-electron chi connectivity index (χ3n) is 6.12. The molecule has 1 aliphatic rings. The Morgan fingerprint density at radius 3 is 2.49 bits per heavy atom. The highest BCUT2D eigenvalue weighted by Crippen LogP contribution is 2.42. The van der Waals surface area contributed by atoms with E-state index < -0.39 is 0 Å². The lowest BCUT2D eigenvalue weighted by molar-refractivity contribution is -0.114. The molecule has 1 N–H and O–H groups in total. The Morgan fingerprint density at radius 2 is 1.70 bits per heavy atom. The van der Waals surface area contributed by atoms with Crippen LogP contribution in [0.3, 0.4) is 0 Å². The van der Waals surface area contributed by atoms with E-state index in [1.807, 2.05) is 77.7 Å². The smallest absolute Gasteiger partial charge is 0.265 e. The molecule has 0 fully saturated rings. The summed E-state index contributed by atoms with van der Waals surface area (Å²) in [5.74, 6) is -0.215. The molecular weight excluding hydrogens is 500 g/mol. The second-order valence-corrected chi connectivity index (χ2v) is 10.3. The summed E-state index contributed by atoms with van der Waals surface area (Å²) < 4.78 is 0. The van der Waals surface area contributed by atoms with Gasteiger partial charge in [0, 0.05) is 22.0 Å². The monoisotopic (exact) mass is 524 g/mol. The van der Waals surface area contributed by atoms with Crippen LogP contribution in [0.5, 0.6) is 0 Å². The molecule has 0 saturated carbocycles. The van der Waals surface area contributed by atoms with E-state index in [9.17, 15) is 9.59 Å². The summed E-state index contributed by atoms with van der Waals surface area (Å²) in [6.07, 6.45) is 1.89. The summed E-state index contributed by atoms with van der Waals surface area (Å²) in [6, 6.07) is 30.9. The Labute approximate surface area is 226 Å². The SMILES string of the molecule is Cc1cccc(CN2C(=O)C(=Cc3ccc(C(=O)NCc4ccccc4Cl)cc3)Sc3ccccc32)c1. The molecule has 0 unspecified atom stereocenters. The number of hydrogen-bond acceptors (Lipinski definition) is 3. The van der Waals surface area contributed by atoms with Gasteiger partial charge in [0.15, 0.2) is 0 Å². The Balaban J connectivity index is 1.34. The highest BCUT2D eigenvalue weighted by atomic mass is 35.5. The standard InChI is InChI=1S/C31H25ClN2O2S/c1-21-7-6-8-23(17-21)20-34-27-11-4-5-12-28(27)37-29(31(34)36)18-22-13-15-24(16-14-22)30(35)33-19-25-9-2-3-10-26(25)32/h2-18H,19-20H2,1H3,(H,33,35). The largest absolute Gasteiger partial charge is 0.348 e. The quantitative estimate of drug-likeness (QED) is 0.270. The molecule has 0 radical (unpaired) electrons. The van der Waals surface area contributed by atoms with Gasteiger partial charge in [-0.3, -0.25) is 9.59 Å². The van der Waals surface area contributed by atoms with Crippen molar-refractivity contribution in [1.82, 2.24) is 5.32 Å². The van der Waals surface area contributed by atoms with Gasteiger partial charge in [0.2, 0.25) is 0 Å². The highest BCUT2D eigenvalue weighted by Gasteiger charge is 2.29. The van der Waals surface area contributed by atoms with Crippen molar-refractivity contribution in [2.24, 2.45) is 0 Å². The van der Waals surface area contributed by atoms with Gasteiger partial charge in [-0.15, -0.1) is 0 Å². The van der Waals surface area contributed by atoms with Gasteiger partial charge in [0.05, 0.1) is 17.1 Å². The molecule has 4 nitrogen and oxygen atoms in total. The van der Waals surface area contributed by atoms with Crippen molar-refractivity contribution in [3.05, 3.63) is 135 Å². The van der Waals surface area contributed by atoms with Gasteiger partial charge in [0.25, 0.3) is 11.8 Å². The van der Waals surface area contributed by atoms with Crippen LogP contribution < -0.4 is 10.2 Å². The van der Waals surface area contributed by atoms with Gasteiger partial charge in [-0.05, 0) is 60.0 Å². The zero-order valence-corrected chi connectivity index (χ0v) is 21.9. The first-order valence-electron chi connectivity index (χ1n) is 12.0. The van der Waals surface area contributed by atoms with Crippen LogP contribution in [0.4, 0.5) is 5.69 Å². The van der Waals surface area contributed by atoms with Crippen LogP contribution in [0.2, 0.25) is 5.02 Å². The minimum absolute atomic E-state index is 0.0354. The Kier molecular flexibility index (Phi) is 7.45. The topological polar surface area (TPSA) is 49.4 Å². The average molecular weight is 525 g/mol. The maximum atomic E-state index is 13.6. The number of rotatable bonds is 6. The third kappa shape index (κ3) is 5.79. The maximum absolute atomic E-state index is 13.6. The molecule has 2 amide bonds. The van der Waals surface area contributed by atoms with Gasteiger partial charge < -0.3 is 10.2 Å². The Hall–Kier alpha value is -3.80. The van der Waals surface area contributed by atoms with E-state index in [1.54, 1.807) is 18.2 Å². The molecule has 4 aromatic carbocycles.